The fourth-order valence-electron chi connectivity index (χ4n) is 4.39. The van der Waals surface area contributed by atoms with Gasteiger partial charge in [0.25, 0.3) is 0 Å². The molecular formula is C33H48O2. The molecule has 2 aromatic rings. The van der Waals surface area contributed by atoms with Crippen LogP contribution in [0.1, 0.15) is 126 Å². The van der Waals surface area contributed by atoms with Crippen LogP contribution >= 0.6 is 0 Å². The Balaban J connectivity index is 1.41. The SMILES string of the molecule is CCCCCCCCCCCCCCCCCCOc1ccc(C(=O)/C=C/c2ccccc2)cc1. The Labute approximate surface area is 215 Å². The summed E-state index contributed by atoms with van der Waals surface area (Å²) in [6.45, 7) is 3.04. The molecule has 2 rings (SSSR count). The zero-order valence-corrected chi connectivity index (χ0v) is 22.2. The van der Waals surface area contributed by atoms with Crippen molar-refractivity contribution in [2.24, 2.45) is 0 Å². The molecule has 0 aromatic heterocycles. The lowest BCUT2D eigenvalue weighted by Gasteiger charge is -2.07. The van der Waals surface area contributed by atoms with Gasteiger partial charge in [-0.05, 0) is 42.3 Å². The second-order valence-electron chi connectivity index (χ2n) is 9.78. The van der Waals surface area contributed by atoms with Gasteiger partial charge in [-0.25, -0.2) is 0 Å². The molecule has 0 atom stereocenters. The van der Waals surface area contributed by atoms with Gasteiger partial charge in [-0.2, -0.15) is 0 Å². The molecule has 35 heavy (non-hydrogen) atoms. The van der Waals surface area contributed by atoms with Gasteiger partial charge in [-0.15, -0.1) is 0 Å². The molecule has 0 aliphatic heterocycles. The molecule has 0 heterocycles. The summed E-state index contributed by atoms with van der Waals surface area (Å²) in [6.07, 6.45) is 25.5. The molecule has 0 aliphatic carbocycles. The summed E-state index contributed by atoms with van der Waals surface area (Å²) in [4.78, 5) is 12.3. The van der Waals surface area contributed by atoms with Crippen LogP contribution in [-0.2, 0) is 0 Å². The number of unbranched alkanes of at least 4 members (excludes halogenated alkanes) is 15. The molecule has 2 heteroatoms. The van der Waals surface area contributed by atoms with Crippen molar-refractivity contribution in [2.45, 2.75) is 110 Å². The van der Waals surface area contributed by atoms with Gasteiger partial charge in [0, 0.05) is 5.56 Å². The molecule has 2 aromatic carbocycles. The van der Waals surface area contributed by atoms with Gasteiger partial charge in [0.2, 0.25) is 0 Å². The van der Waals surface area contributed by atoms with Crippen LogP contribution in [0.5, 0.6) is 5.75 Å². The highest BCUT2D eigenvalue weighted by molar-refractivity contribution is 6.06. The normalized spacial score (nSPS) is 11.2. The van der Waals surface area contributed by atoms with E-state index < -0.39 is 0 Å². The largest absolute Gasteiger partial charge is 0.494 e. The smallest absolute Gasteiger partial charge is 0.185 e. The van der Waals surface area contributed by atoms with Gasteiger partial charge in [-0.1, -0.05) is 140 Å². The van der Waals surface area contributed by atoms with E-state index in [0.717, 1.165) is 24.3 Å². The van der Waals surface area contributed by atoms with E-state index in [9.17, 15) is 4.79 Å². The van der Waals surface area contributed by atoms with E-state index in [1.807, 2.05) is 60.7 Å². The van der Waals surface area contributed by atoms with Crippen LogP contribution in [0, 0.1) is 0 Å². The predicted molar refractivity (Wildman–Crippen MR) is 151 cm³/mol. The highest BCUT2D eigenvalue weighted by Gasteiger charge is 2.02. The quantitative estimate of drug-likeness (QED) is 0.102. The third-order valence-electron chi connectivity index (χ3n) is 6.63. The van der Waals surface area contributed by atoms with Crippen LogP contribution in [0.2, 0.25) is 0 Å². The summed E-state index contributed by atoms with van der Waals surface area (Å²) in [5, 5.41) is 0. The van der Waals surface area contributed by atoms with Crippen molar-refractivity contribution >= 4 is 11.9 Å². The minimum Gasteiger partial charge on any atom is -0.494 e. The summed E-state index contributed by atoms with van der Waals surface area (Å²) in [6, 6.07) is 17.4. The standard InChI is InChI=1S/C33H48O2/c1-2-3-4-5-6-7-8-9-10-11-12-13-14-15-16-20-29-35-32-26-24-31(25-27-32)33(34)28-23-30-21-18-17-19-22-30/h17-19,21-28H,2-16,20,29H2,1H3/b28-23+. The fraction of sp³-hybridized carbons (Fsp3) is 0.545. The van der Waals surface area contributed by atoms with Crippen LogP contribution in [0.25, 0.3) is 6.08 Å². The van der Waals surface area contributed by atoms with Crippen molar-refractivity contribution in [2.75, 3.05) is 6.61 Å². The predicted octanol–water partition coefficient (Wildman–Crippen LogP) is 10.2. The summed E-state index contributed by atoms with van der Waals surface area (Å²) in [7, 11) is 0. The third-order valence-corrected chi connectivity index (χ3v) is 6.63. The maximum atomic E-state index is 12.3. The molecule has 0 bridgehead atoms. The van der Waals surface area contributed by atoms with Gasteiger partial charge < -0.3 is 4.74 Å². The van der Waals surface area contributed by atoms with Crippen molar-refractivity contribution in [3.05, 3.63) is 71.8 Å². The molecular weight excluding hydrogens is 428 g/mol. The number of allylic oxidation sites excluding steroid dienone is 1. The molecule has 0 N–H and O–H groups in total. The molecule has 0 unspecified atom stereocenters. The van der Waals surface area contributed by atoms with E-state index in [2.05, 4.69) is 6.92 Å². The lowest BCUT2D eigenvalue weighted by molar-refractivity contribution is 0.104. The lowest BCUT2D eigenvalue weighted by Crippen LogP contribution is -1.99. The van der Waals surface area contributed by atoms with Crippen LogP contribution in [0.3, 0.4) is 0 Å². The van der Waals surface area contributed by atoms with E-state index in [1.54, 1.807) is 6.08 Å². The molecule has 0 aliphatic rings. The second kappa shape index (κ2) is 19.9. The van der Waals surface area contributed by atoms with Gasteiger partial charge in [0.05, 0.1) is 6.61 Å². The molecule has 0 fully saturated rings. The van der Waals surface area contributed by atoms with Gasteiger partial charge in [0.15, 0.2) is 5.78 Å². The van der Waals surface area contributed by atoms with Crippen molar-refractivity contribution < 1.29 is 9.53 Å². The number of hydrogen-bond donors (Lipinski definition) is 0. The van der Waals surface area contributed by atoms with Crippen LogP contribution in [0.15, 0.2) is 60.7 Å². The van der Waals surface area contributed by atoms with E-state index >= 15 is 0 Å². The number of carbonyl (C=O) groups is 1. The number of carbonyl (C=O) groups excluding carboxylic acids is 1. The Kier molecular flexibility index (Phi) is 16.4. The van der Waals surface area contributed by atoms with Gasteiger partial charge >= 0.3 is 0 Å². The van der Waals surface area contributed by atoms with Crippen molar-refractivity contribution in [1.29, 1.82) is 0 Å². The Morgan fingerprint density at radius 1 is 0.629 bits per heavy atom. The first-order chi connectivity index (χ1) is 17.3. The number of ether oxygens (including phenoxy) is 1. The van der Waals surface area contributed by atoms with E-state index in [1.165, 1.54) is 96.3 Å². The topological polar surface area (TPSA) is 26.3 Å². The maximum absolute atomic E-state index is 12.3. The zero-order valence-electron chi connectivity index (χ0n) is 22.2. The van der Waals surface area contributed by atoms with Crippen molar-refractivity contribution in [1.82, 2.24) is 0 Å². The molecule has 0 amide bonds. The molecule has 2 nitrogen and oxygen atoms in total. The first kappa shape index (κ1) is 28.9. The minimum atomic E-state index is 0.0122. The van der Waals surface area contributed by atoms with E-state index in [0.29, 0.717) is 5.56 Å². The Hall–Kier alpha value is -2.35. The highest BCUT2D eigenvalue weighted by Crippen LogP contribution is 2.16. The van der Waals surface area contributed by atoms with Crippen LogP contribution in [0.4, 0.5) is 0 Å². The van der Waals surface area contributed by atoms with Crippen LogP contribution in [-0.4, -0.2) is 12.4 Å². The number of ketones is 1. The monoisotopic (exact) mass is 476 g/mol. The number of benzene rings is 2. The third kappa shape index (κ3) is 14.6. The van der Waals surface area contributed by atoms with E-state index in [4.69, 9.17) is 4.74 Å². The van der Waals surface area contributed by atoms with Crippen molar-refractivity contribution in [3.8, 4) is 5.75 Å². The zero-order chi connectivity index (χ0) is 24.8. The first-order valence-corrected chi connectivity index (χ1v) is 14.3. The van der Waals surface area contributed by atoms with Crippen LogP contribution < -0.4 is 4.74 Å². The minimum absolute atomic E-state index is 0.0122. The average Bonchev–Trinajstić information content (AvgIpc) is 2.90. The van der Waals surface area contributed by atoms with Crippen molar-refractivity contribution in [3.63, 3.8) is 0 Å². The Bertz CT molecular complexity index is 792. The Morgan fingerprint density at radius 2 is 1.11 bits per heavy atom. The fourth-order valence-corrected chi connectivity index (χ4v) is 4.39. The van der Waals surface area contributed by atoms with E-state index in [-0.39, 0.29) is 5.78 Å². The molecule has 0 spiro atoms. The molecule has 0 saturated heterocycles. The number of rotatable bonds is 21. The lowest BCUT2D eigenvalue weighted by atomic mass is 10.0. The molecule has 192 valence electrons. The van der Waals surface area contributed by atoms with Gasteiger partial charge in [0.1, 0.15) is 5.75 Å². The summed E-state index contributed by atoms with van der Waals surface area (Å²) in [5.41, 5.74) is 1.71. The second-order valence-corrected chi connectivity index (χ2v) is 9.78. The molecule has 0 radical (unpaired) electrons. The number of hydrogen-bond acceptors (Lipinski definition) is 2. The summed E-state index contributed by atoms with van der Waals surface area (Å²) >= 11 is 0. The average molecular weight is 477 g/mol. The van der Waals surface area contributed by atoms with Gasteiger partial charge in [-0.3, -0.25) is 4.79 Å². The molecule has 0 saturated carbocycles. The summed E-state index contributed by atoms with van der Waals surface area (Å²) < 4.78 is 5.86. The maximum Gasteiger partial charge on any atom is 0.185 e. The Morgan fingerprint density at radius 3 is 1.63 bits per heavy atom. The summed E-state index contributed by atoms with van der Waals surface area (Å²) in [5.74, 6) is 0.854. The highest BCUT2D eigenvalue weighted by atomic mass is 16.5. The first-order valence-electron chi connectivity index (χ1n) is 14.3.